The van der Waals surface area contributed by atoms with Gasteiger partial charge in [-0.1, -0.05) is 22.0 Å². The third-order valence-electron chi connectivity index (χ3n) is 2.39. The Morgan fingerprint density at radius 3 is 2.67 bits per heavy atom. The Labute approximate surface area is 121 Å². The number of hydrogen-bond donors (Lipinski definition) is 0. The number of hydrogen-bond acceptors (Lipinski definition) is 2. The average molecular weight is 373 g/mol. The first kappa shape index (κ1) is 13.4. The summed E-state index contributed by atoms with van der Waals surface area (Å²) >= 11 is 6.51. The van der Waals surface area contributed by atoms with Crippen LogP contribution in [0.2, 0.25) is 0 Å². The molecule has 1 aromatic carbocycles. The van der Waals surface area contributed by atoms with Crippen LogP contribution in [0.25, 0.3) is 0 Å². The van der Waals surface area contributed by atoms with Crippen molar-refractivity contribution >= 4 is 37.6 Å². The fourth-order valence-electron chi connectivity index (χ4n) is 1.50. The molecule has 2 aromatic rings. The molecular weight excluding hydrogens is 365 g/mol. The highest BCUT2D eigenvalue weighted by Gasteiger charge is 2.10. The Morgan fingerprint density at radius 1 is 1.22 bits per heavy atom. The summed E-state index contributed by atoms with van der Waals surface area (Å²) in [6, 6.07) is 6.00. The van der Waals surface area contributed by atoms with Gasteiger partial charge in [-0.15, -0.1) is 0 Å². The summed E-state index contributed by atoms with van der Waals surface area (Å²) in [4.78, 5) is 16.0. The van der Waals surface area contributed by atoms with Gasteiger partial charge in [0.15, 0.2) is 5.78 Å². The molecule has 18 heavy (non-hydrogen) atoms. The fraction of sp³-hybridized carbons (Fsp3) is 0.0769. The summed E-state index contributed by atoms with van der Waals surface area (Å²) < 4.78 is 14.3. The van der Waals surface area contributed by atoms with Gasteiger partial charge >= 0.3 is 0 Å². The van der Waals surface area contributed by atoms with Crippen molar-refractivity contribution in [3.63, 3.8) is 0 Å². The van der Waals surface area contributed by atoms with Crippen LogP contribution in [0.15, 0.2) is 45.6 Å². The Balaban J connectivity index is 2.21. The first-order valence-corrected chi connectivity index (χ1v) is 6.72. The van der Waals surface area contributed by atoms with E-state index in [9.17, 15) is 9.18 Å². The molecule has 0 spiro atoms. The van der Waals surface area contributed by atoms with E-state index in [2.05, 4.69) is 36.8 Å². The van der Waals surface area contributed by atoms with E-state index in [4.69, 9.17) is 0 Å². The standard InChI is InChI=1S/C13H8Br2FNO/c14-10-3-9(6-17-7-10)13(18)4-8-1-2-11(16)5-12(8)15/h1-3,5-7H,4H2. The van der Waals surface area contributed by atoms with Gasteiger partial charge < -0.3 is 0 Å². The van der Waals surface area contributed by atoms with Crippen molar-refractivity contribution in [1.29, 1.82) is 0 Å². The Kier molecular flexibility index (Phi) is 4.24. The predicted octanol–water partition coefficient (Wildman–Crippen LogP) is 4.17. The molecule has 2 rings (SSSR count). The zero-order valence-electron chi connectivity index (χ0n) is 9.16. The van der Waals surface area contributed by atoms with Gasteiger partial charge in [-0.25, -0.2) is 4.39 Å². The molecule has 0 radical (unpaired) electrons. The number of carbonyl (C=O) groups is 1. The highest BCUT2D eigenvalue weighted by molar-refractivity contribution is 9.10. The van der Waals surface area contributed by atoms with Crippen LogP contribution in [0.5, 0.6) is 0 Å². The lowest BCUT2D eigenvalue weighted by Crippen LogP contribution is -2.04. The molecule has 0 aliphatic rings. The monoisotopic (exact) mass is 371 g/mol. The SMILES string of the molecule is O=C(Cc1ccc(F)cc1Br)c1cncc(Br)c1. The van der Waals surface area contributed by atoms with E-state index in [1.165, 1.54) is 18.3 Å². The molecule has 0 atom stereocenters. The fourth-order valence-corrected chi connectivity index (χ4v) is 2.36. The maximum absolute atomic E-state index is 12.9. The predicted molar refractivity (Wildman–Crippen MR) is 74.1 cm³/mol. The summed E-state index contributed by atoms with van der Waals surface area (Å²) in [7, 11) is 0. The second kappa shape index (κ2) is 5.71. The first-order valence-electron chi connectivity index (χ1n) is 5.14. The van der Waals surface area contributed by atoms with Crippen LogP contribution in [0, 0.1) is 5.82 Å². The zero-order chi connectivity index (χ0) is 13.1. The molecule has 0 N–H and O–H groups in total. The molecule has 0 aliphatic heterocycles. The lowest BCUT2D eigenvalue weighted by Gasteiger charge is -2.04. The van der Waals surface area contributed by atoms with E-state index in [0.717, 1.165) is 10.0 Å². The molecule has 0 unspecified atom stereocenters. The summed E-state index contributed by atoms with van der Waals surface area (Å²) in [6.45, 7) is 0. The van der Waals surface area contributed by atoms with Gasteiger partial charge in [0.05, 0.1) is 0 Å². The van der Waals surface area contributed by atoms with Gasteiger partial charge in [0, 0.05) is 33.3 Å². The number of pyridine rings is 1. The van der Waals surface area contributed by atoms with Crippen molar-refractivity contribution in [3.8, 4) is 0 Å². The first-order chi connectivity index (χ1) is 8.56. The molecule has 1 heterocycles. The Hall–Kier alpha value is -1.07. The minimum Gasteiger partial charge on any atom is -0.294 e. The van der Waals surface area contributed by atoms with Crippen molar-refractivity contribution in [2.24, 2.45) is 0 Å². The van der Waals surface area contributed by atoms with E-state index in [-0.39, 0.29) is 18.0 Å². The highest BCUT2D eigenvalue weighted by atomic mass is 79.9. The summed E-state index contributed by atoms with van der Waals surface area (Å²) in [6.07, 6.45) is 3.34. The number of rotatable bonds is 3. The van der Waals surface area contributed by atoms with Crippen LogP contribution in [-0.2, 0) is 6.42 Å². The molecule has 0 fully saturated rings. The number of benzene rings is 1. The van der Waals surface area contributed by atoms with Crippen molar-refractivity contribution in [2.45, 2.75) is 6.42 Å². The lowest BCUT2D eigenvalue weighted by molar-refractivity contribution is 0.0992. The number of carbonyl (C=O) groups excluding carboxylic acids is 1. The summed E-state index contributed by atoms with van der Waals surface area (Å²) in [5, 5.41) is 0. The zero-order valence-corrected chi connectivity index (χ0v) is 12.3. The normalized spacial score (nSPS) is 10.4. The van der Waals surface area contributed by atoms with E-state index in [0.29, 0.717) is 10.0 Å². The van der Waals surface area contributed by atoms with Gasteiger partial charge in [0.25, 0.3) is 0 Å². The minimum absolute atomic E-state index is 0.0592. The number of halogens is 3. The highest BCUT2D eigenvalue weighted by Crippen LogP contribution is 2.20. The minimum atomic E-state index is -0.331. The van der Waals surface area contributed by atoms with Gasteiger partial charge in [0.1, 0.15) is 5.82 Å². The van der Waals surface area contributed by atoms with Gasteiger partial charge in [0.2, 0.25) is 0 Å². The molecule has 92 valence electrons. The molecular formula is C13H8Br2FNO. The number of nitrogens with zero attached hydrogens (tertiary/aromatic N) is 1. The Morgan fingerprint density at radius 2 is 2.00 bits per heavy atom. The number of aromatic nitrogens is 1. The van der Waals surface area contributed by atoms with Crippen molar-refractivity contribution < 1.29 is 9.18 Å². The molecule has 2 nitrogen and oxygen atoms in total. The molecule has 0 saturated carbocycles. The number of Topliss-reactive ketones (excluding diaryl/α,β-unsaturated/α-hetero) is 1. The van der Waals surface area contributed by atoms with E-state index < -0.39 is 0 Å². The molecule has 0 amide bonds. The van der Waals surface area contributed by atoms with Crippen LogP contribution in [0.3, 0.4) is 0 Å². The molecule has 1 aromatic heterocycles. The third-order valence-corrected chi connectivity index (χ3v) is 3.56. The quantitative estimate of drug-likeness (QED) is 0.757. The van der Waals surface area contributed by atoms with E-state index in [1.807, 2.05) is 0 Å². The maximum Gasteiger partial charge on any atom is 0.168 e. The van der Waals surface area contributed by atoms with E-state index >= 15 is 0 Å². The molecule has 0 saturated heterocycles. The summed E-state index contributed by atoms with van der Waals surface area (Å²) in [5.74, 6) is -0.390. The topological polar surface area (TPSA) is 30.0 Å². The molecule has 5 heteroatoms. The smallest absolute Gasteiger partial charge is 0.168 e. The number of ketones is 1. The second-order valence-corrected chi connectivity index (χ2v) is 5.50. The average Bonchev–Trinajstić information content (AvgIpc) is 2.32. The van der Waals surface area contributed by atoms with Crippen LogP contribution in [0.1, 0.15) is 15.9 Å². The van der Waals surface area contributed by atoms with Crippen molar-refractivity contribution in [3.05, 3.63) is 62.5 Å². The lowest BCUT2D eigenvalue weighted by atomic mass is 10.0. The van der Waals surface area contributed by atoms with Gasteiger partial charge in [-0.3, -0.25) is 9.78 Å². The third kappa shape index (κ3) is 3.23. The van der Waals surface area contributed by atoms with Crippen LogP contribution < -0.4 is 0 Å². The second-order valence-electron chi connectivity index (χ2n) is 3.73. The Bertz CT molecular complexity index is 601. The van der Waals surface area contributed by atoms with Crippen molar-refractivity contribution in [2.75, 3.05) is 0 Å². The largest absolute Gasteiger partial charge is 0.294 e. The van der Waals surface area contributed by atoms with Crippen molar-refractivity contribution in [1.82, 2.24) is 4.98 Å². The molecule has 0 aliphatic carbocycles. The molecule has 0 bridgehead atoms. The van der Waals surface area contributed by atoms with E-state index in [1.54, 1.807) is 18.3 Å². The summed E-state index contributed by atoms with van der Waals surface area (Å²) in [5.41, 5.74) is 1.28. The van der Waals surface area contributed by atoms with Crippen LogP contribution in [-0.4, -0.2) is 10.8 Å². The van der Waals surface area contributed by atoms with Gasteiger partial charge in [-0.2, -0.15) is 0 Å². The van der Waals surface area contributed by atoms with Gasteiger partial charge in [-0.05, 0) is 39.7 Å². The maximum atomic E-state index is 12.9. The van der Waals surface area contributed by atoms with Crippen LogP contribution in [0.4, 0.5) is 4.39 Å². The van der Waals surface area contributed by atoms with Crippen LogP contribution >= 0.6 is 31.9 Å².